The maximum Gasteiger partial charge on any atom is 0.329 e. The van der Waals surface area contributed by atoms with Crippen LogP contribution in [0.4, 0.5) is 5.69 Å². The molecule has 26 heavy (non-hydrogen) atoms. The molecule has 0 spiro atoms. The van der Waals surface area contributed by atoms with E-state index in [1.165, 1.54) is 16.7 Å². The van der Waals surface area contributed by atoms with Crippen molar-refractivity contribution in [2.45, 2.75) is 51.7 Å². The number of nitro groups is 1. The topological polar surface area (TPSA) is 109 Å². The van der Waals surface area contributed by atoms with Crippen LogP contribution in [0.25, 0.3) is 11.0 Å². The van der Waals surface area contributed by atoms with Gasteiger partial charge in [-0.1, -0.05) is 0 Å². The van der Waals surface area contributed by atoms with Crippen LogP contribution < -0.4 is 5.69 Å². The highest BCUT2D eigenvalue weighted by atomic mass is 16.7. The monoisotopic (exact) mass is 365 g/mol. The van der Waals surface area contributed by atoms with Gasteiger partial charge in [0.1, 0.15) is 0 Å². The highest BCUT2D eigenvalue weighted by Gasteiger charge is 2.21. The molecule has 1 N–H and O–H groups in total. The van der Waals surface area contributed by atoms with E-state index in [-0.39, 0.29) is 24.2 Å². The summed E-state index contributed by atoms with van der Waals surface area (Å²) in [7, 11) is 0. The van der Waals surface area contributed by atoms with Crippen molar-refractivity contribution in [1.29, 1.82) is 0 Å². The van der Waals surface area contributed by atoms with Crippen LogP contribution >= 0.6 is 0 Å². The van der Waals surface area contributed by atoms with Gasteiger partial charge in [-0.15, -0.1) is 0 Å². The van der Waals surface area contributed by atoms with Crippen molar-refractivity contribution < 1.29 is 19.5 Å². The zero-order valence-corrected chi connectivity index (χ0v) is 14.9. The van der Waals surface area contributed by atoms with Crippen LogP contribution in [0, 0.1) is 10.1 Å². The van der Waals surface area contributed by atoms with Crippen molar-refractivity contribution in [2.75, 3.05) is 13.2 Å². The van der Waals surface area contributed by atoms with E-state index < -0.39 is 10.5 Å². The number of benzene rings is 1. The Balaban J connectivity index is 1.98. The Morgan fingerprint density at radius 1 is 1.23 bits per heavy atom. The number of ether oxygens (including phenoxy) is 2. The third-order valence-corrected chi connectivity index (χ3v) is 4.44. The molecule has 2 heterocycles. The second-order valence-corrected chi connectivity index (χ2v) is 7.04. The molecule has 1 fully saturated rings. The second kappa shape index (κ2) is 7.18. The molecule has 1 aromatic heterocycles. The van der Waals surface area contributed by atoms with Gasteiger partial charge >= 0.3 is 5.69 Å². The zero-order chi connectivity index (χ0) is 18.9. The minimum atomic E-state index is -0.944. The standard InChI is InChI=1S/C17H23N3O6/c1-17(2,22)6-8-19-14-11-12(20(23)24)3-4-13(14)18(16(19)21)7-5-15-25-9-10-26-15/h3-4,11,15,22H,5-10H2,1-2H3. The summed E-state index contributed by atoms with van der Waals surface area (Å²) in [5, 5.41) is 21.1. The normalized spacial score (nSPS) is 15.8. The summed E-state index contributed by atoms with van der Waals surface area (Å²) < 4.78 is 13.9. The van der Waals surface area contributed by atoms with Crippen molar-refractivity contribution >= 4 is 16.7 Å². The molecule has 142 valence electrons. The Bertz CT molecular complexity index is 858. The molecule has 1 aliphatic heterocycles. The number of imidazole rings is 1. The molecule has 1 aromatic carbocycles. The fraction of sp³-hybridized carbons (Fsp3) is 0.588. The Morgan fingerprint density at radius 3 is 2.50 bits per heavy atom. The van der Waals surface area contributed by atoms with Crippen molar-refractivity contribution in [1.82, 2.24) is 9.13 Å². The molecule has 3 rings (SSSR count). The van der Waals surface area contributed by atoms with Gasteiger partial charge in [-0.25, -0.2) is 4.79 Å². The molecule has 1 saturated heterocycles. The quantitative estimate of drug-likeness (QED) is 0.590. The number of aromatic nitrogens is 2. The number of aryl methyl sites for hydroxylation is 2. The highest BCUT2D eigenvalue weighted by molar-refractivity contribution is 5.78. The second-order valence-electron chi connectivity index (χ2n) is 7.04. The first-order valence-electron chi connectivity index (χ1n) is 8.59. The summed E-state index contributed by atoms with van der Waals surface area (Å²) >= 11 is 0. The first-order chi connectivity index (χ1) is 12.3. The average molecular weight is 365 g/mol. The number of aliphatic hydroxyl groups is 1. The lowest BCUT2D eigenvalue weighted by molar-refractivity contribution is -0.384. The van der Waals surface area contributed by atoms with E-state index in [9.17, 15) is 20.0 Å². The zero-order valence-electron chi connectivity index (χ0n) is 14.9. The van der Waals surface area contributed by atoms with Gasteiger partial charge in [0.15, 0.2) is 6.29 Å². The molecule has 0 radical (unpaired) electrons. The van der Waals surface area contributed by atoms with Gasteiger partial charge in [0.05, 0.1) is 34.8 Å². The molecular formula is C17H23N3O6. The van der Waals surface area contributed by atoms with Crippen LogP contribution in [0.2, 0.25) is 0 Å². The molecule has 9 heteroatoms. The molecule has 0 bridgehead atoms. The lowest BCUT2D eigenvalue weighted by atomic mass is 10.1. The summed E-state index contributed by atoms with van der Waals surface area (Å²) in [6, 6.07) is 4.38. The van der Waals surface area contributed by atoms with Gasteiger partial charge in [-0.3, -0.25) is 19.2 Å². The third kappa shape index (κ3) is 3.95. The number of nitrogens with zero attached hydrogens (tertiary/aromatic N) is 3. The van der Waals surface area contributed by atoms with Crippen LogP contribution in [0.15, 0.2) is 23.0 Å². The molecule has 0 aliphatic carbocycles. The predicted molar refractivity (Wildman–Crippen MR) is 94.1 cm³/mol. The predicted octanol–water partition coefficient (Wildman–Crippen LogP) is 1.64. The number of fused-ring (bicyclic) bond motifs is 1. The molecule has 9 nitrogen and oxygen atoms in total. The summed E-state index contributed by atoms with van der Waals surface area (Å²) in [6.07, 6.45) is 0.528. The third-order valence-electron chi connectivity index (χ3n) is 4.44. The average Bonchev–Trinajstić information content (AvgIpc) is 3.16. The van der Waals surface area contributed by atoms with Crippen LogP contribution in [-0.4, -0.2) is 44.3 Å². The molecule has 0 saturated carbocycles. The van der Waals surface area contributed by atoms with Crippen LogP contribution in [0.5, 0.6) is 0 Å². The fourth-order valence-electron chi connectivity index (χ4n) is 3.05. The molecule has 1 aliphatic rings. The Morgan fingerprint density at radius 2 is 1.88 bits per heavy atom. The first kappa shape index (κ1) is 18.6. The van der Waals surface area contributed by atoms with Crippen molar-refractivity contribution in [3.05, 3.63) is 38.8 Å². The van der Waals surface area contributed by atoms with E-state index in [4.69, 9.17) is 9.47 Å². The van der Waals surface area contributed by atoms with Gasteiger partial charge in [0.2, 0.25) is 0 Å². The number of nitro benzene ring substituents is 1. The van der Waals surface area contributed by atoms with Crippen LogP contribution in [0.1, 0.15) is 26.7 Å². The summed E-state index contributed by atoms with van der Waals surface area (Å²) in [4.78, 5) is 23.5. The number of hydrogen-bond donors (Lipinski definition) is 1. The van der Waals surface area contributed by atoms with Gasteiger partial charge in [0.25, 0.3) is 5.69 Å². The van der Waals surface area contributed by atoms with Gasteiger partial charge in [0, 0.05) is 31.6 Å². The molecule has 0 unspecified atom stereocenters. The number of hydrogen-bond acceptors (Lipinski definition) is 6. The van der Waals surface area contributed by atoms with Crippen molar-refractivity contribution in [3.8, 4) is 0 Å². The Hall–Kier alpha value is -2.23. The smallest absolute Gasteiger partial charge is 0.329 e. The summed E-state index contributed by atoms with van der Waals surface area (Å²) in [5.74, 6) is 0. The van der Waals surface area contributed by atoms with Crippen molar-refractivity contribution in [2.24, 2.45) is 0 Å². The number of non-ortho nitro benzene ring substituents is 1. The SMILES string of the molecule is CC(C)(O)CCn1c(=O)n(CCC2OCCO2)c2ccc([N+](=O)[O-])cc21. The fourth-order valence-corrected chi connectivity index (χ4v) is 3.05. The van der Waals surface area contributed by atoms with E-state index in [1.807, 2.05) is 0 Å². The van der Waals surface area contributed by atoms with E-state index in [0.29, 0.717) is 43.6 Å². The molecular weight excluding hydrogens is 342 g/mol. The van der Waals surface area contributed by atoms with Gasteiger partial charge < -0.3 is 14.6 Å². The lowest BCUT2D eigenvalue weighted by Crippen LogP contribution is -2.29. The summed E-state index contributed by atoms with van der Waals surface area (Å²) in [5.41, 5.74) is -0.173. The van der Waals surface area contributed by atoms with Crippen molar-refractivity contribution in [3.63, 3.8) is 0 Å². The highest BCUT2D eigenvalue weighted by Crippen LogP contribution is 2.22. The minimum absolute atomic E-state index is 0.0749. The van der Waals surface area contributed by atoms with Gasteiger partial charge in [-0.05, 0) is 26.3 Å². The summed E-state index contributed by atoms with van der Waals surface area (Å²) in [6.45, 7) is 5.05. The van der Waals surface area contributed by atoms with Crippen LogP contribution in [0.3, 0.4) is 0 Å². The van der Waals surface area contributed by atoms with Gasteiger partial charge in [-0.2, -0.15) is 0 Å². The Kier molecular flexibility index (Phi) is 5.12. The molecule has 0 atom stereocenters. The maximum absolute atomic E-state index is 12.9. The molecule has 0 amide bonds. The molecule has 2 aromatic rings. The largest absolute Gasteiger partial charge is 0.390 e. The Labute approximate surface area is 149 Å². The van der Waals surface area contributed by atoms with E-state index in [1.54, 1.807) is 24.5 Å². The maximum atomic E-state index is 12.9. The van der Waals surface area contributed by atoms with Crippen LogP contribution in [-0.2, 0) is 22.6 Å². The first-order valence-corrected chi connectivity index (χ1v) is 8.59. The van der Waals surface area contributed by atoms with E-state index >= 15 is 0 Å². The number of rotatable bonds is 7. The minimum Gasteiger partial charge on any atom is -0.390 e. The van der Waals surface area contributed by atoms with E-state index in [0.717, 1.165) is 0 Å². The lowest BCUT2D eigenvalue weighted by Gasteiger charge is -2.16. The van der Waals surface area contributed by atoms with E-state index in [2.05, 4.69) is 0 Å².